The number of nitrogens with zero attached hydrogens (tertiary/aromatic N) is 2. The molecule has 0 saturated carbocycles. The number of hydrogen-bond acceptors (Lipinski definition) is 4. The van der Waals surface area contributed by atoms with Gasteiger partial charge < -0.3 is 10.2 Å². The molecule has 0 bridgehead atoms. The van der Waals surface area contributed by atoms with Gasteiger partial charge in [-0.2, -0.15) is 0 Å². The van der Waals surface area contributed by atoms with Crippen molar-refractivity contribution < 1.29 is 18.0 Å². The van der Waals surface area contributed by atoms with Gasteiger partial charge in [-0.15, -0.1) is 0 Å². The molecule has 0 radical (unpaired) electrons. The van der Waals surface area contributed by atoms with Gasteiger partial charge in [-0.25, -0.2) is 8.42 Å². The number of hydrogen-bond donors (Lipinski definition) is 1. The zero-order chi connectivity index (χ0) is 33.5. The molecule has 2 amide bonds. The highest BCUT2D eigenvalue weighted by Gasteiger charge is 2.35. The van der Waals surface area contributed by atoms with Crippen LogP contribution in [0.5, 0.6) is 0 Å². The van der Waals surface area contributed by atoms with E-state index < -0.39 is 34.1 Å². The first-order valence-electron chi connectivity index (χ1n) is 15.6. The molecule has 4 aromatic rings. The Morgan fingerprint density at radius 1 is 0.761 bits per heavy atom. The van der Waals surface area contributed by atoms with Crippen molar-refractivity contribution >= 4 is 27.5 Å². The normalized spacial score (nSPS) is 12.4. The molecular formula is C38H45N3O4S. The minimum atomic E-state index is -4.14. The van der Waals surface area contributed by atoms with Gasteiger partial charge in [0, 0.05) is 18.5 Å². The molecule has 1 N–H and O–H groups in total. The zero-order valence-electron chi connectivity index (χ0n) is 27.6. The highest BCUT2D eigenvalue weighted by atomic mass is 32.2. The highest BCUT2D eigenvalue weighted by molar-refractivity contribution is 7.92. The number of rotatable bonds is 12. The van der Waals surface area contributed by atoms with E-state index in [1.165, 1.54) is 17.0 Å². The molecule has 46 heavy (non-hydrogen) atoms. The van der Waals surface area contributed by atoms with Crippen molar-refractivity contribution in [3.63, 3.8) is 0 Å². The fourth-order valence-electron chi connectivity index (χ4n) is 5.17. The zero-order valence-corrected chi connectivity index (χ0v) is 28.4. The Labute approximate surface area is 274 Å². The molecule has 8 heteroatoms. The Bertz CT molecular complexity index is 1700. The van der Waals surface area contributed by atoms with Gasteiger partial charge >= 0.3 is 0 Å². The van der Waals surface area contributed by atoms with Crippen LogP contribution in [0, 0.1) is 6.92 Å². The van der Waals surface area contributed by atoms with Crippen LogP contribution in [0.1, 0.15) is 62.8 Å². The van der Waals surface area contributed by atoms with Crippen molar-refractivity contribution in [2.24, 2.45) is 0 Å². The van der Waals surface area contributed by atoms with E-state index >= 15 is 0 Å². The Balaban J connectivity index is 1.81. The van der Waals surface area contributed by atoms with Gasteiger partial charge in [-0.1, -0.05) is 104 Å². The van der Waals surface area contributed by atoms with Crippen molar-refractivity contribution in [2.75, 3.05) is 10.8 Å². The van der Waals surface area contributed by atoms with Gasteiger partial charge in [0.15, 0.2) is 0 Å². The molecule has 4 rings (SSSR count). The molecule has 242 valence electrons. The third-order valence-electron chi connectivity index (χ3n) is 7.70. The fraction of sp³-hybridized carbons (Fsp3) is 0.316. The van der Waals surface area contributed by atoms with Gasteiger partial charge in [0.05, 0.1) is 10.6 Å². The average molecular weight is 640 g/mol. The average Bonchev–Trinajstić information content (AvgIpc) is 3.02. The molecule has 0 aliphatic rings. The van der Waals surface area contributed by atoms with Crippen LogP contribution < -0.4 is 9.62 Å². The maximum atomic E-state index is 14.6. The minimum absolute atomic E-state index is 0.0760. The molecular weight excluding hydrogens is 595 g/mol. The van der Waals surface area contributed by atoms with Gasteiger partial charge in [0.2, 0.25) is 11.8 Å². The van der Waals surface area contributed by atoms with Crippen molar-refractivity contribution in [3.8, 4) is 0 Å². The van der Waals surface area contributed by atoms with Crippen molar-refractivity contribution in [1.29, 1.82) is 0 Å². The van der Waals surface area contributed by atoms with Gasteiger partial charge in [0.1, 0.15) is 12.6 Å². The van der Waals surface area contributed by atoms with E-state index in [2.05, 4.69) is 19.2 Å². The third kappa shape index (κ3) is 9.07. The monoisotopic (exact) mass is 639 g/mol. The predicted molar refractivity (Wildman–Crippen MR) is 185 cm³/mol. The summed E-state index contributed by atoms with van der Waals surface area (Å²) in [6.45, 7) is 11.4. The first-order chi connectivity index (χ1) is 21.7. The van der Waals surface area contributed by atoms with Crippen LogP contribution in [0.4, 0.5) is 5.69 Å². The lowest BCUT2D eigenvalue weighted by molar-refractivity contribution is -0.140. The van der Waals surface area contributed by atoms with E-state index in [0.717, 1.165) is 26.6 Å². The van der Waals surface area contributed by atoms with Crippen molar-refractivity contribution in [2.45, 2.75) is 76.9 Å². The number of anilines is 1. The summed E-state index contributed by atoms with van der Waals surface area (Å²) in [5.74, 6) is -0.548. The molecule has 0 fully saturated rings. The second-order valence-electron chi connectivity index (χ2n) is 13.0. The van der Waals surface area contributed by atoms with Crippen LogP contribution in [0.2, 0.25) is 0 Å². The molecule has 0 spiro atoms. The lowest BCUT2D eigenvalue weighted by atomic mass is 10.0. The molecule has 0 saturated heterocycles. The van der Waals surface area contributed by atoms with Crippen LogP contribution in [0.15, 0.2) is 114 Å². The van der Waals surface area contributed by atoms with Gasteiger partial charge in [-0.05, 0) is 74.6 Å². The smallest absolute Gasteiger partial charge is 0.264 e. The Kier molecular flexibility index (Phi) is 11.1. The minimum Gasteiger partial charge on any atom is -0.350 e. The Morgan fingerprint density at radius 2 is 1.33 bits per heavy atom. The standard InChI is InChI=1S/C38H45N3O4S/c1-28(2)32-21-23-33(24-22-32)41(46(44,45)34-15-11-8-12-16-34)27-36(42)40(26-31-19-17-29(3)18-20-31)35(37(43)39-38(4,5)6)25-30-13-9-7-10-14-30/h7-24,28,35H,25-27H2,1-6H3,(H,39,43)/t35-/m0/s1. The number of carbonyl (C=O) groups excluding carboxylic acids is 2. The highest BCUT2D eigenvalue weighted by Crippen LogP contribution is 2.27. The number of amides is 2. The van der Waals surface area contributed by atoms with Crippen LogP contribution in [0.3, 0.4) is 0 Å². The molecule has 0 heterocycles. The van der Waals surface area contributed by atoms with E-state index in [4.69, 9.17) is 0 Å². The predicted octanol–water partition coefficient (Wildman–Crippen LogP) is 6.87. The van der Waals surface area contributed by atoms with E-state index in [9.17, 15) is 18.0 Å². The number of benzene rings is 4. The molecule has 0 unspecified atom stereocenters. The van der Waals surface area contributed by atoms with Crippen LogP contribution in [-0.2, 0) is 32.6 Å². The first kappa shape index (κ1) is 34.4. The van der Waals surface area contributed by atoms with E-state index in [-0.39, 0.29) is 29.7 Å². The molecule has 0 aliphatic carbocycles. The summed E-state index contributed by atoms with van der Waals surface area (Å²) in [4.78, 5) is 30.2. The molecule has 1 atom stereocenters. The fourth-order valence-corrected chi connectivity index (χ4v) is 6.61. The molecule has 0 aromatic heterocycles. The largest absolute Gasteiger partial charge is 0.350 e. The lowest BCUT2D eigenvalue weighted by Crippen LogP contribution is -2.56. The van der Waals surface area contributed by atoms with Crippen LogP contribution in [0.25, 0.3) is 0 Å². The summed E-state index contributed by atoms with van der Waals surface area (Å²) >= 11 is 0. The molecule has 0 aliphatic heterocycles. The first-order valence-corrected chi connectivity index (χ1v) is 17.1. The lowest BCUT2D eigenvalue weighted by Gasteiger charge is -2.35. The van der Waals surface area contributed by atoms with Crippen LogP contribution >= 0.6 is 0 Å². The van der Waals surface area contributed by atoms with E-state index in [1.54, 1.807) is 30.3 Å². The number of nitrogens with one attached hydrogen (secondary N) is 1. The Hall–Kier alpha value is -4.43. The summed E-state index contributed by atoms with van der Waals surface area (Å²) in [6.07, 6.45) is 0.259. The quantitative estimate of drug-likeness (QED) is 0.183. The summed E-state index contributed by atoms with van der Waals surface area (Å²) < 4.78 is 29.5. The van der Waals surface area contributed by atoms with Gasteiger partial charge in [-0.3, -0.25) is 13.9 Å². The third-order valence-corrected chi connectivity index (χ3v) is 9.49. The summed E-state index contributed by atoms with van der Waals surface area (Å²) in [7, 11) is -4.14. The summed E-state index contributed by atoms with van der Waals surface area (Å²) in [5.41, 5.74) is 3.66. The second kappa shape index (κ2) is 14.8. The maximum Gasteiger partial charge on any atom is 0.264 e. The topological polar surface area (TPSA) is 86.8 Å². The summed E-state index contributed by atoms with van der Waals surface area (Å²) in [6, 6.07) is 31.8. The van der Waals surface area contributed by atoms with E-state index in [0.29, 0.717) is 5.69 Å². The number of carbonyl (C=O) groups is 2. The maximum absolute atomic E-state index is 14.6. The molecule has 4 aromatic carbocycles. The van der Waals surface area contributed by atoms with E-state index in [1.807, 2.05) is 94.4 Å². The van der Waals surface area contributed by atoms with Crippen LogP contribution in [-0.4, -0.2) is 43.3 Å². The van der Waals surface area contributed by atoms with Crippen molar-refractivity contribution in [3.05, 3.63) is 131 Å². The Morgan fingerprint density at radius 3 is 1.87 bits per heavy atom. The second-order valence-corrected chi connectivity index (χ2v) is 14.9. The number of aryl methyl sites for hydroxylation is 1. The van der Waals surface area contributed by atoms with Gasteiger partial charge in [0.25, 0.3) is 10.0 Å². The van der Waals surface area contributed by atoms with Crippen molar-refractivity contribution in [1.82, 2.24) is 10.2 Å². The number of sulfonamides is 1. The summed E-state index contributed by atoms with van der Waals surface area (Å²) in [5, 5.41) is 3.06. The molecule has 7 nitrogen and oxygen atoms in total. The SMILES string of the molecule is Cc1ccc(CN(C(=O)CN(c2ccc(C(C)C)cc2)S(=O)(=O)c2ccccc2)[C@@H](Cc2ccccc2)C(=O)NC(C)(C)C)cc1.